The van der Waals surface area contributed by atoms with E-state index >= 15 is 0 Å². The Kier molecular flexibility index (Phi) is 4.52. The predicted molar refractivity (Wildman–Crippen MR) is 72.7 cm³/mol. The number of hydrogen-bond donors (Lipinski definition) is 2. The molecule has 5 nitrogen and oxygen atoms in total. The molecule has 0 atom stereocenters. The summed E-state index contributed by atoms with van der Waals surface area (Å²) in [6.45, 7) is 1.99. The molecule has 3 N–H and O–H groups in total. The van der Waals surface area contributed by atoms with Crippen LogP contribution >= 0.6 is 0 Å². The number of carbonyl (C=O) groups is 2. The highest BCUT2D eigenvalue weighted by Gasteiger charge is 2.20. The summed E-state index contributed by atoms with van der Waals surface area (Å²) < 4.78 is 0. The number of nitrogens with one attached hydrogen (secondary N) is 1. The fourth-order valence-electron chi connectivity index (χ4n) is 2.14. The fraction of sp³-hybridized carbons (Fsp3) is 0.429. The molecule has 1 aliphatic rings. The summed E-state index contributed by atoms with van der Waals surface area (Å²) in [7, 11) is 0. The Balaban J connectivity index is 2.07. The molecule has 1 aromatic rings. The zero-order valence-corrected chi connectivity index (χ0v) is 10.9. The Labute approximate surface area is 112 Å². The molecule has 1 aliphatic heterocycles. The first kappa shape index (κ1) is 13.5. The van der Waals surface area contributed by atoms with Crippen molar-refractivity contribution >= 4 is 11.8 Å². The van der Waals surface area contributed by atoms with Crippen LogP contribution in [0.15, 0.2) is 24.3 Å². The van der Waals surface area contributed by atoms with E-state index in [1.54, 1.807) is 17.0 Å². The molecular weight excluding hydrogens is 242 g/mol. The molecule has 2 rings (SSSR count). The van der Waals surface area contributed by atoms with Gasteiger partial charge in [0.2, 0.25) is 5.91 Å². The van der Waals surface area contributed by atoms with Gasteiger partial charge in [0.05, 0.1) is 6.54 Å². The first-order valence-corrected chi connectivity index (χ1v) is 6.55. The summed E-state index contributed by atoms with van der Waals surface area (Å²) in [5.74, 6) is -0.179. The summed E-state index contributed by atoms with van der Waals surface area (Å²) in [5, 5.41) is 2.76. The Morgan fingerprint density at radius 3 is 2.74 bits per heavy atom. The lowest BCUT2D eigenvalue weighted by molar-refractivity contribution is -0.121. The summed E-state index contributed by atoms with van der Waals surface area (Å²) >= 11 is 0. The second-order valence-electron chi connectivity index (χ2n) is 4.67. The van der Waals surface area contributed by atoms with E-state index < -0.39 is 0 Å². The van der Waals surface area contributed by atoms with Gasteiger partial charge in [0, 0.05) is 18.7 Å². The van der Waals surface area contributed by atoms with Crippen molar-refractivity contribution in [2.24, 2.45) is 5.73 Å². The lowest BCUT2D eigenvalue weighted by Crippen LogP contribution is -2.37. The van der Waals surface area contributed by atoms with Gasteiger partial charge >= 0.3 is 0 Å². The highest BCUT2D eigenvalue weighted by Crippen LogP contribution is 2.09. The van der Waals surface area contributed by atoms with Gasteiger partial charge in [0.1, 0.15) is 0 Å². The molecule has 2 amide bonds. The van der Waals surface area contributed by atoms with Crippen molar-refractivity contribution in [3.63, 3.8) is 0 Å². The van der Waals surface area contributed by atoms with Gasteiger partial charge in [-0.05, 0) is 37.1 Å². The Morgan fingerprint density at radius 1 is 1.32 bits per heavy atom. The molecule has 0 radical (unpaired) electrons. The number of nitrogens with zero attached hydrogens (tertiary/aromatic N) is 1. The number of carbonyl (C=O) groups excluding carboxylic acids is 2. The number of hydrogen-bond acceptors (Lipinski definition) is 3. The van der Waals surface area contributed by atoms with Gasteiger partial charge < -0.3 is 16.0 Å². The second kappa shape index (κ2) is 6.33. The highest BCUT2D eigenvalue weighted by molar-refractivity contribution is 5.96. The van der Waals surface area contributed by atoms with Gasteiger partial charge in [0.15, 0.2) is 0 Å². The van der Waals surface area contributed by atoms with Gasteiger partial charge in [-0.2, -0.15) is 0 Å². The van der Waals surface area contributed by atoms with Crippen LogP contribution in [-0.4, -0.2) is 42.9 Å². The van der Waals surface area contributed by atoms with E-state index in [4.69, 9.17) is 5.73 Å². The van der Waals surface area contributed by atoms with Crippen LogP contribution < -0.4 is 11.1 Å². The standard InChI is InChI=1S/C14H19N3O2/c15-7-6-11-2-4-12(5-3-11)14(19)17-9-1-8-16-13(18)10-17/h2-5H,1,6-10,15H2,(H,16,18). The minimum Gasteiger partial charge on any atom is -0.354 e. The van der Waals surface area contributed by atoms with E-state index in [0.29, 0.717) is 25.2 Å². The van der Waals surface area contributed by atoms with Gasteiger partial charge in [-0.3, -0.25) is 9.59 Å². The molecule has 1 fully saturated rings. The van der Waals surface area contributed by atoms with Crippen LogP contribution in [0.25, 0.3) is 0 Å². The summed E-state index contributed by atoms with van der Waals surface area (Å²) in [6, 6.07) is 7.43. The van der Waals surface area contributed by atoms with Crippen molar-refractivity contribution in [3.05, 3.63) is 35.4 Å². The van der Waals surface area contributed by atoms with Crippen LogP contribution in [-0.2, 0) is 11.2 Å². The lowest BCUT2D eigenvalue weighted by Gasteiger charge is -2.19. The largest absolute Gasteiger partial charge is 0.354 e. The van der Waals surface area contributed by atoms with Crippen LogP contribution in [0.2, 0.25) is 0 Å². The minimum atomic E-state index is -0.0920. The molecule has 0 saturated carbocycles. The third-order valence-electron chi connectivity index (χ3n) is 3.18. The average molecular weight is 261 g/mol. The zero-order valence-electron chi connectivity index (χ0n) is 10.9. The number of benzene rings is 1. The summed E-state index contributed by atoms with van der Waals surface area (Å²) in [4.78, 5) is 25.3. The molecular formula is C14H19N3O2. The maximum Gasteiger partial charge on any atom is 0.254 e. The van der Waals surface area contributed by atoms with E-state index in [1.165, 1.54) is 0 Å². The quantitative estimate of drug-likeness (QED) is 0.813. The third kappa shape index (κ3) is 3.54. The van der Waals surface area contributed by atoms with E-state index in [-0.39, 0.29) is 18.4 Å². The predicted octanol–water partition coefficient (Wildman–Crippen LogP) is 0.150. The molecule has 0 bridgehead atoms. The van der Waals surface area contributed by atoms with Crippen LogP contribution in [0.5, 0.6) is 0 Å². The van der Waals surface area contributed by atoms with Crippen molar-refractivity contribution in [2.45, 2.75) is 12.8 Å². The number of rotatable bonds is 3. The van der Waals surface area contributed by atoms with Gasteiger partial charge in [-0.15, -0.1) is 0 Å². The van der Waals surface area contributed by atoms with E-state index in [0.717, 1.165) is 18.4 Å². The maximum atomic E-state index is 12.3. The molecule has 1 heterocycles. The zero-order chi connectivity index (χ0) is 13.7. The Hall–Kier alpha value is -1.88. The molecule has 0 aliphatic carbocycles. The average Bonchev–Trinajstić information content (AvgIpc) is 2.64. The van der Waals surface area contributed by atoms with Gasteiger partial charge in [-0.1, -0.05) is 12.1 Å². The topological polar surface area (TPSA) is 75.4 Å². The van der Waals surface area contributed by atoms with Crippen LogP contribution in [0, 0.1) is 0 Å². The first-order chi connectivity index (χ1) is 9.20. The molecule has 5 heteroatoms. The van der Waals surface area contributed by atoms with Crippen molar-refractivity contribution < 1.29 is 9.59 Å². The number of nitrogens with two attached hydrogens (primary N) is 1. The van der Waals surface area contributed by atoms with Crippen molar-refractivity contribution in [2.75, 3.05) is 26.2 Å². The smallest absolute Gasteiger partial charge is 0.254 e. The molecule has 1 aromatic carbocycles. The van der Waals surface area contributed by atoms with Gasteiger partial charge in [0.25, 0.3) is 5.91 Å². The van der Waals surface area contributed by atoms with E-state index in [2.05, 4.69) is 5.32 Å². The minimum absolute atomic E-state index is 0.0867. The SMILES string of the molecule is NCCc1ccc(C(=O)N2CCCNC(=O)C2)cc1. The monoisotopic (exact) mass is 261 g/mol. The Morgan fingerprint density at radius 2 is 2.05 bits per heavy atom. The third-order valence-corrected chi connectivity index (χ3v) is 3.18. The summed E-state index contributed by atoms with van der Waals surface area (Å²) in [5.41, 5.74) is 7.23. The second-order valence-corrected chi connectivity index (χ2v) is 4.67. The lowest BCUT2D eigenvalue weighted by atomic mass is 10.1. The van der Waals surface area contributed by atoms with E-state index in [9.17, 15) is 9.59 Å². The van der Waals surface area contributed by atoms with E-state index in [1.807, 2.05) is 12.1 Å². The maximum absolute atomic E-state index is 12.3. The fourth-order valence-corrected chi connectivity index (χ4v) is 2.14. The normalized spacial score (nSPS) is 15.8. The van der Waals surface area contributed by atoms with Crippen LogP contribution in [0.4, 0.5) is 0 Å². The first-order valence-electron chi connectivity index (χ1n) is 6.55. The molecule has 0 spiro atoms. The molecule has 102 valence electrons. The molecule has 0 aromatic heterocycles. The van der Waals surface area contributed by atoms with Crippen molar-refractivity contribution in [1.82, 2.24) is 10.2 Å². The van der Waals surface area contributed by atoms with Crippen molar-refractivity contribution in [1.29, 1.82) is 0 Å². The summed E-state index contributed by atoms with van der Waals surface area (Å²) in [6.07, 6.45) is 1.60. The van der Waals surface area contributed by atoms with Crippen LogP contribution in [0.1, 0.15) is 22.3 Å². The molecule has 19 heavy (non-hydrogen) atoms. The van der Waals surface area contributed by atoms with Crippen LogP contribution in [0.3, 0.4) is 0 Å². The number of amides is 2. The Bertz CT molecular complexity index is 456. The molecule has 0 unspecified atom stereocenters. The van der Waals surface area contributed by atoms with Gasteiger partial charge in [-0.25, -0.2) is 0 Å². The molecule has 1 saturated heterocycles. The highest BCUT2D eigenvalue weighted by atomic mass is 16.2. The van der Waals surface area contributed by atoms with Crippen molar-refractivity contribution in [3.8, 4) is 0 Å².